The number of aliphatic imine (C=N–C) groups is 1. The first kappa shape index (κ1) is 14.5. The van der Waals surface area contributed by atoms with E-state index >= 15 is 0 Å². The van der Waals surface area contributed by atoms with Gasteiger partial charge in [0.1, 0.15) is 5.71 Å². The molecule has 0 spiro atoms. The highest BCUT2D eigenvalue weighted by molar-refractivity contribution is 5.94. The van der Waals surface area contributed by atoms with Gasteiger partial charge in [0.2, 0.25) is 0 Å². The van der Waals surface area contributed by atoms with Crippen LogP contribution >= 0.6 is 0 Å². The molecule has 1 aromatic rings. The van der Waals surface area contributed by atoms with Crippen molar-refractivity contribution < 1.29 is 13.2 Å². The second kappa shape index (κ2) is 5.61. The van der Waals surface area contributed by atoms with Crippen LogP contribution in [0.2, 0.25) is 0 Å². The van der Waals surface area contributed by atoms with Crippen LogP contribution in [0.1, 0.15) is 31.2 Å². The summed E-state index contributed by atoms with van der Waals surface area (Å²) in [6.45, 7) is 3.68. The van der Waals surface area contributed by atoms with Gasteiger partial charge in [-0.15, -0.1) is 0 Å². The highest BCUT2D eigenvalue weighted by atomic mass is 19.4. The third-order valence-electron chi connectivity index (χ3n) is 3.08. The van der Waals surface area contributed by atoms with Crippen LogP contribution in [0.25, 0.3) is 5.57 Å². The Balaban J connectivity index is 2.46. The van der Waals surface area contributed by atoms with E-state index in [0.717, 1.165) is 5.69 Å². The first-order chi connectivity index (χ1) is 9.40. The van der Waals surface area contributed by atoms with E-state index in [1.807, 2.05) is 26.0 Å². The van der Waals surface area contributed by atoms with Crippen molar-refractivity contribution in [2.75, 3.05) is 0 Å². The molecule has 0 atom stereocenters. The summed E-state index contributed by atoms with van der Waals surface area (Å²) in [5.41, 5.74) is 2.02. The zero-order chi connectivity index (χ0) is 14.8. The summed E-state index contributed by atoms with van der Waals surface area (Å²) in [6, 6.07) is 5.45. The second-order valence-corrected chi connectivity index (χ2v) is 4.66. The van der Waals surface area contributed by atoms with Gasteiger partial charge in [0.25, 0.3) is 0 Å². The fourth-order valence-corrected chi connectivity index (χ4v) is 1.96. The lowest BCUT2D eigenvalue weighted by Crippen LogP contribution is -2.22. The van der Waals surface area contributed by atoms with Gasteiger partial charge in [-0.2, -0.15) is 13.2 Å². The van der Waals surface area contributed by atoms with E-state index in [4.69, 9.17) is 0 Å². The number of aromatic nitrogens is 1. The van der Waals surface area contributed by atoms with Gasteiger partial charge < -0.3 is 0 Å². The summed E-state index contributed by atoms with van der Waals surface area (Å²) in [5.74, 6) is 0. The Hall–Kier alpha value is -1.91. The van der Waals surface area contributed by atoms with Crippen molar-refractivity contribution in [1.29, 1.82) is 0 Å². The number of halogens is 3. The Morgan fingerprint density at radius 2 is 2.00 bits per heavy atom. The summed E-state index contributed by atoms with van der Waals surface area (Å²) in [6.07, 6.45) is -0.985. The summed E-state index contributed by atoms with van der Waals surface area (Å²) in [5, 5.41) is 0. The number of alkyl halides is 3. The molecular weight excluding hydrogens is 265 g/mol. The maximum Gasteiger partial charge on any atom is 0.429 e. The largest absolute Gasteiger partial charge is 0.429 e. The average Bonchev–Trinajstić information content (AvgIpc) is 2.60. The van der Waals surface area contributed by atoms with Crippen LogP contribution in [0.5, 0.6) is 0 Å². The van der Waals surface area contributed by atoms with E-state index in [0.29, 0.717) is 23.3 Å². The molecule has 5 heteroatoms. The Labute approximate surface area is 115 Å². The van der Waals surface area contributed by atoms with Crippen LogP contribution < -0.4 is 0 Å². The van der Waals surface area contributed by atoms with Gasteiger partial charge in [0.15, 0.2) is 0 Å². The molecule has 0 saturated heterocycles. The van der Waals surface area contributed by atoms with Crippen LogP contribution in [-0.2, 0) is 0 Å². The minimum atomic E-state index is -4.39. The van der Waals surface area contributed by atoms with Crippen LogP contribution in [-0.4, -0.2) is 16.9 Å². The van der Waals surface area contributed by atoms with Gasteiger partial charge in [0.05, 0.1) is 5.69 Å². The number of hydrogen-bond donors (Lipinski definition) is 0. The van der Waals surface area contributed by atoms with Crippen molar-refractivity contribution in [3.8, 4) is 0 Å². The van der Waals surface area contributed by atoms with E-state index in [1.54, 1.807) is 12.1 Å². The second-order valence-electron chi connectivity index (χ2n) is 4.66. The highest BCUT2D eigenvalue weighted by Gasteiger charge is 2.35. The van der Waals surface area contributed by atoms with Crippen molar-refractivity contribution in [2.45, 2.75) is 32.9 Å². The lowest BCUT2D eigenvalue weighted by atomic mass is 10.0. The number of aryl methyl sites for hydroxylation is 1. The molecule has 0 unspecified atom stereocenters. The van der Waals surface area contributed by atoms with Crippen molar-refractivity contribution in [1.82, 2.24) is 4.98 Å². The molecule has 106 valence electrons. The Bertz CT molecular complexity index is 595. The molecule has 0 bridgehead atoms. The molecule has 0 aliphatic carbocycles. The van der Waals surface area contributed by atoms with Gasteiger partial charge in [-0.25, -0.2) is 0 Å². The van der Waals surface area contributed by atoms with Crippen LogP contribution in [0.4, 0.5) is 13.2 Å². The molecule has 1 aromatic heterocycles. The summed E-state index contributed by atoms with van der Waals surface area (Å²) in [7, 11) is 0. The summed E-state index contributed by atoms with van der Waals surface area (Å²) in [4.78, 5) is 7.95. The molecule has 0 radical (unpaired) electrons. The monoisotopic (exact) mass is 280 g/mol. The first-order valence-electron chi connectivity index (χ1n) is 6.37. The zero-order valence-corrected chi connectivity index (χ0v) is 11.3. The topological polar surface area (TPSA) is 25.2 Å². The first-order valence-corrected chi connectivity index (χ1v) is 6.37. The SMILES string of the molecule is CCC1=CC(c2cccc(C)n2)=CN=C(C(F)(F)F)C1. The summed E-state index contributed by atoms with van der Waals surface area (Å²) < 4.78 is 38.5. The fourth-order valence-electron chi connectivity index (χ4n) is 1.96. The molecule has 0 amide bonds. The minimum absolute atomic E-state index is 0.161. The number of rotatable bonds is 2. The molecule has 0 N–H and O–H groups in total. The minimum Gasteiger partial charge on any atom is -0.255 e. The van der Waals surface area contributed by atoms with Crippen molar-refractivity contribution in [3.63, 3.8) is 0 Å². The maximum atomic E-state index is 12.8. The molecule has 0 aromatic carbocycles. The van der Waals surface area contributed by atoms with Crippen molar-refractivity contribution >= 4 is 11.3 Å². The van der Waals surface area contributed by atoms with Crippen LogP contribution in [0.3, 0.4) is 0 Å². The fraction of sp³-hybridized carbons (Fsp3) is 0.333. The lowest BCUT2D eigenvalue weighted by Gasteiger charge is -2.09. The van der Waals surface area contributed by atoms with E-state index in [-0.39, 0.29) is 6.42 Å². The van der Waals surface area contributed by atoms with Crippen molar-refractivity contribution in [3.05, 3.63) is 47.4 Å². The number of hydrogen-bond acceptors (Lipinski definition) is 2. The number of nitrogens with zero attached hydrogens (tertiary/aromatic N) is 2. The highest BCUT2D eigenvalue weighted by Crippen LogP contribution is 2.28. The molecular formula is C15H15F3N2. The molecule has 1 aliphatic rings. The Morgan fingerprint density at radius 3 is 2.60 bits per heavy atom. The number of allylic oxidation sites excluding steroid dienone is 3. The molecule has 2 rings (SSSR count). The Morgan fingerprint density at radius 1 is 1.25 bits per heavy atom. The normalized spacial score (nSPS) is 16.1. The molecule has 2 heterocycles. The maximum absolute atomic E-state index is 12.8. The molecule has 2 nitrogen and oxygen atoms in total. The molecule has 0 fully saturated rings. The molecule has 20 heavy (non-hydrogen) atoms. The smallest absolute Gasteiger partial charge is 0.255 e. The lowest BCUT2D eigenvalue weighted by molar-refractivity contribution is -0.0600. The van der Waals surface area contributed by atoms with E-state index in [1.165, 1.54) is 6.20 Å². The van der Waals surface area contributed by atoms with E-state index in [9.17, 15) is 13.2 Å². The van der Waals surface area contributed by atoms with Gasteiger partial charge in [-0.05, 0) is 25.5 Å². The quantitative estimate of drug-likeness (QED) is 0.784. The van der Waals surface area contributed by atoms with Gasteiger partial charge in [-0.3, -0.25) is 9.98 Å². The number of pyridine rings is 1. The van der Waals surface area contributed by atoms with E-state index in [2.05, 4.69) is 9.98 Å². The van der Waals surface area contributed by atoms with Gasteiger partial charge in [0, 0.05) is 23.9 Å². The third-order valence-corrected chi connectivity index (χ3v) is 3.08. The molecule has 0 saturated carbocycles. The van der Waals surface area contributed by atoms with Gasteiger partial charge >= 0.3 is 6.18 Å². The van der Waals surface area contributed by atoms with Crippen molar-refractivity contribution in [2.24, 2.45) is 4.99 Å². The van der Waals surface area contributed by atoms with Gasteiger partial charge in [-0.1, -0.05) is 24.6 Å². The Kier molecular flexibility index (Phi) is 4.06. The summed E-state index contributed by atoms with van der Waals surface area (Å²) >= 11 is 0. The average molecular weight is 280 g/mol. The zero-order valence-electron chi connectivity index (χ0n) is 11.3. The van der Waals surface area contributed by atoms with Crippen LogP contribution in [0, 0.1) is 6.92 Å². The standard InChI is InChI=1S/C15H15F3N2/c1-3-11-7-12(13-6-4-5-10(2)20-13)9-19-14(8-11)15(16,17)18/h4-7,9H,3,8H2,1-2H3. The van der Waals surface area contributed by atoms with E-state index < -0.39 is 11.9 Å². The predicted molar refractivity (Wildman–Crippen MR) is 73.4 cm³/mol. The molecule has 1 aliphatic heterocycles. The third kappa shape index (κ3) is 3.35. The van der Waals surface area contributed by atoms with Crippen LogP contribution in [0.15, 0.2) is 41.0 Å². The predicted octanol–water partition coefficient (Wildman–Crippen LogP) is 4.47.